The number of nitrogens with zero attached hydrogens (tertiary/aromatic N) is 2. The molecule has 0 bridgehead atoms. The summed E-state index contributed by atoms with van der Waals surface area (Å²) in [6, 6.07) is 17.5. The summed E-state index contributed by atoms with van der Waals surface area (Å²) in [5.74, 6) is 1.05. The standard InChI is InChI=1S/C26H23ClN4O4/c1-28-25(32)21-14-20(9-10-29-21)35-19-6-4-5-16(11-19)17-12-22(30-15-17)26(33)31(2)23-13-18(27)7-8-24(23)34-3/h4-15,30H,1-3H3,(H,28,32). The minimum absolute atomic E-state index is 0.247. The van der Waals surface area contributed by atoms with Crippen LogP contribution in [0.2, 0.25) is 5.02 Å². The molecule has 2 amide bonds. The summed E-state index contributed by atoms with van der Waals surface area (Å²) < 4.78 is 11.3. The van der Waals surface area contributed by atoms with E-state index < -0.39 is 0 Å². The van der Waals surface area contributed by atoms with Gasteiger partial charge in [0.15, 0.2) is 0 Å². The average molecular weight is 491 g/mol. The normalized spacial score (nSPS) is 10.5. The molecule has 0 saturated heterocycles. The third-order valence-corrected chi connectivity index (χ3v) is 5.55. The number of aromatic nitrogens is 2. The summed E-state index contributed by atoms with van der Waals surface area (Å²) >= 11 is 6.12. The monoisotopic (exact) mass is 490 g/mol. The number of benzene rings is 2. The number of halogens is 1. The van der Waals surface area contributed by atoms with Gasteiger partial charge in [0.25, 0.3) is 11.8 Å². The van der Waals surface area contributed by atoms with Gasteiger partial charge in [-0.05, 0) is 48.0 Å². The fraction of sp³-hybridized carbons (Fsp3) is 0.115. The van der Waals surface area contributed by atoms with Crippen molar-refractivity contribution < 1.29 is 19.1 Å². The Balaban J connectivity index is 1.54. The molecule has 178 valence electrons. The molecule has 0 aliphatic rings. The number of methoxy groups -OCH3 is 1. The second-order valence-electron chi connectivity index (χ2n) is 7.57. The van der Waals surface area contributed by atoms with E-state index in [1.165, 1.54) is 18.2 Å². The van der Waals surface area contributed by atoms with Crippen LogP contribution >= 0.6 is 11.6 Å². The SMILES string of the molecule is CNC(=O)c1cc(Oc2cccc(-c3c[nH]c(C(=O)N(C)c4cc(Cl)ccc4OC)c3)c2)ccn1. The Morgan fingerprint density at radius 2 is 1.83 bits per heavy atom. The summed E-state index contributed by atoms with van der Waals surface area (Å²) in [4.78, 5) is 33.5. The van der Waals surface area contributed by atoms with E-state index in [0.29, 0.717) is 33.7 Å². The lowest BCUT2D eigenvalue weighted by atomic mass is 10.1. The zero-order chi connectivity index (χ0) is 24.9. The highest BCUT2D eigenvalue weighted by molar-refractivity contribution is 6.31. The van der Waals surface area contributed by atoms with Gasteiger partial charge >= 0.3 is 0 Å². The third kappa shape index (κ3) is 5.28. The van der Waals surface area contributed by atoms with Gasteiger partial charge < -0.3 is 24.7 Å². The lowest BCUT2D eigenvalue weighted by Gasteiger charge is -2.19. The number of amides is 2. The Kier molecular flexibility index (Phi) is 7.03. The summed E-state index contributed by atoms with van der Waals surface area (Å²) in [6.45, 7) is 0. The van der Waals surface area contributed by atoms with E-state index in [1.807, 2.05) is 18.2 Å². The zero-order valence-electron chi connectivity index (χ0n) is 19.3. The number of anilines is 1. The van der Waals surface area contributed by atoms with E-state index in [2.05, 4.69) is 15.3 Å². The van der Waals surface area contributed by atoms with Crippen LogP contribution in [0.3, 0.4) is 0 Å². The molecule has 0 spiro atoms. The highest BCUT2D eigenvalue weighted by atomic mass is 35.5. The molecule has 0 radical (unpaired) electrons. The molecule has 4 rings (SSSR count). The van der Waals surface area contributed by atoms with Crippen molar-refractivity contribution in [2.75, 3.05) is 26.1 Å². The first-order valence-corrected chi connectivity index (χ1v) is 11.0. The fourth-order valence-electron chi connectivity index (χ4n) is 3.50. The molecule has 2 heterocycles. The van der Waals surface area contributed by atoms with Gasteiger partial charge in [-0.1, -0.05) is 23.7 Å². The highest BCUT2D eigenvalue weighted by Gasteiger charge is 2.19. The van der Waals surface area contributed by atoms with Crippen molar-refractivity contribution in [1.82, 2.24) is 15.3 Å². The van der Waals surface area contributed by atoms with Crippen molar-refractivity contribution in [3.8, 4) is 28.4 Å². The Bertz CT molecular complexity index is 1390. The van der Waals surface area contributed by atoms with E-state index in [0.717, 1.165) is 11.1 Å². The number of ether oxygens (including phenoxy) is 2. The number of rotatable bonds is 7. The van der Waals surface area contributed by atoms with E-state index >= 15 is 0 Å². The molecular weight excluding hydrogens is 468 g/mol. The number of H-pyrrole nitrogens is 1. The second-order valence-corrected chi connectivity index (χ2v) is 8.00. The minimum atomic E-state index is -0.297. The van der Waals surface area contributed by atoms with E-state index in [9.17, 15) is 9.59 Å². The topological polar surface area (TPSA) is 96.5 Å². The van der Waals surface area contributed by atoms with Gasteiger partial charge in [0.05, 0.1) is 12.8 Å². The van der Waals surface area contributed by atoms with Crippen LogP contribution < -0.4 is 19.7 Å². The molecule has 2 aromatic heterocycles. The predicted molar refractivity (Wildman–Crippen MR) is 135 cm³/mol. The number of nitrogens with one attached hydrogen (secondary N) is 2. The predicted octanol–water partition coefficient (Wildman–Crippen LogP) is 5.17. The summed E-state index contributed by atoms with van der Waals surface area (Å²) in [7, 11) is 4.74. The number of hydrogen-bond donors (Lipinski definition) is 2. The van der Waals surface area contributed by atoms with E-state index in [1.54, 1.807) is 62.8 Å². The minimum Gasteiger partial charge on any atom is -0.495 e. The molecule has 0 fully saturated rings. The second kappa shape index (κ2) is 10.3. The number of carbonyl (C=O) groups is 2. The van der Waals surface area contributed by atoms with Crippen molar-refractivity contribution in [2.24, 2.45) is 0 Å². The van der Waals surface area contributed by atoms with Crippen LogP contribution in [0.5, 0.6) is 17.2 Å². The van der Waals surface area contributed by atoms with Crippen molar-refractivity contribution in [2.45, 2.75) is 0 Å². The molecule has 2 N–H and O–H groups in total. The van der Waals surface area contributed by atoms with Crippen LogP contribution in [0.25, 0.3) is 11.1 Å². The maximum Gasteiger partial charge on any atom is 0.274 e. The van der Waals surface area contributed by atoms with Crippen molar-refractivity contribution in [3.05, 3.63) is 89.5 Å². The molecule has 9 heteroatoms. The van der Waals surface area contributed by atoms with Gasteiger partial charge in [-0.15, -0.1) is 0 Å². The Hall–Kier alpha value is -4.30. The number of carbonyl (C=O) groups excluding carboxylic acids is 2. The Labute approximate surface area is 207 Å². The summed E-state index contributed by atoms with van der Waals surface area (Å²) in [5, 5.41) is 3.04. The molecule has 0 unspecified atom stereocenters. The van der Waals surface area contributed by atoms with Crippen LogP contribution in [0, 0.1) is 0 Å². The summed E-state index contributed by atoms with van der Waals surface area (Å²) in [5.41, 5.74) is 2.88. The van der Waals surface area contributed by atoms with Crippen LogP contribution in [0.15, 0.2) is 73.1 Å². The molecule has 4 aromatic rings. The lowest BCUT2D eigenvalue weighted by molar-refractivity contribution is 0.0956. The molecule has 0 saturated carbocycles. The largest absolute Gasteiger partial charge is 0.495 e. The molecule has 0 atom stereocenters. The van der Waals surface area contributed by atoms with Crippen LogP contribution in [-0.2, 0) is 0 Å². The van der Waals surface area contributed by atoms with Crippen LogP contribution in [-0.4, -0.2) is 43.0 Å². The molecule has 0 aliphatic carbocycles. The molecule has 2 aromatic carbocycles. The van der Waals surface area contributed by atoms with Crippen LogP contribution in [0.1, 0.15) is 21.0 Å². The van der Waals surface area contributed by atoms with Gasteiger partial charge in [0.2, 0.25) is 0 Å². The zero-order valence-corrected chi connectivity index (χ0v) is 20.1. The molecular formula is C26H23ClN4O4. The van der Waals surface area contributed by atoms with Crippen LogP contribution in [0.4, 0.5) is 5.69 Å². The number of pyridine rings is 1. The number of aromatic amines is 1. The maximum atomic E-state index is 13.1. The molecule has 8 nitrogen and oxygen atoms in total. The van der Waals surface area contributed by atoms with Gasteiger partial charge in [-0.3, -0.25) is 14.6 Å². The first-order chi connectivity index (χ1) is 16.9. The molecule has 35 heavy (non-hydrogen) atoms. The summed E-state index contributed by atoms with van der Waals surface area (Å²) in [6.07, 6.45) is 3.27. The highest BCUT2D eigenvalue weighted by Crippen LogP contribution is 2.32. The average Bonchev–Trinajstić information content (AvgIpc) is 3.38. The Morgan fingerprint density at radius 1 is 1.03 bits per heavy atom. The van der Waals surface area contributed by atoms with Gasteiger partial charge in [0.1, 0.15) is 28.6 Å². The van der Waals surface area contributed by atoms with Crippen molar-refractivity contribution in [3.63, 3.8) is 0 Å². The maximum absolute atomic E-state index is 13.1. The molecule has 0 aliphatic heterocycles. The fourth-order valence-corrected chi connectivity index (χ4v) is 3.67. The smallest absolute Gasteiger partial charge is 0.274 e. The Morgan fingerprint density at radius 3 is 2.60 bits per heavy atom. The van der Waals surface area contributed by atoms with Crippen molar-refractivity contribution >= 4 is 29.1 Å². The first kappa shape index (κ1) is 23.8. The van der Waals surface area contributed by atoms with Gasteiger partial charge in [0, 0.05) is 43.1 Å². The first-order valence-electron chi connectivity index (χ1n) is 10.7. The van der Waals surface area contributed by atoms with Gasteiger partial charge in [-0.2, -0.15) is 0 Å². The van der Waals surface area contributed by atoms with Gasteiger partial charge in [-0.25, -0.2) is 0 Å². The van der Waals surface area contributed by atoms with E-state index in [-0.39, 0.29) is 17.5 Å². The third-order valence-electron chi connectivity index (χ3n) is 5.31. The number of hydrogen-bond acceptors (Lipinski definition) is 5. The lowest BCUT2D eigenvalue weighted by Crippen LogP contribution is -2.26. The van der Waals surface area contributed by atoms with E-state index in [4.69, 9.17) is 21.1 Å². The quantitative estimate of drug-likeness (QED) is 0.372. The van der Waals surface area contributed by atoms with Crippen molar-refractivity contribution in [1.29, 1.82) is 0 Å².